The van der Waals surface area contributed by atoms with Crippen molar-refractivity contribution in [3.8, 4) is 0 Å². The van der Waals surface area contributed by atoms with Gasteiger partial charge in [-0.05, 0) is 13.3 Å². The smallest absolute Gasteiger partial charge is 0.302 e. The molecule has 0 unspecified atom stereocenters. The summed E-state index contributed by atoms with van der Waals surface area (Å²) >= 11 is 0. The predicted octanol–water partition coefficient (Wildman–Crippen LogP) is 2.54. The summed E-state index contributed by atoms with van der Waals surface area (Å²) in [6, 6.07) is 0. The summed E-state index contributed by atoms with van der Waals surface area (Å²) in [6.45, 7) is 9.34. The van der Waals surface area contributed by atoms with E-state index in [1.807, 2.05) is 6.08 Å². The van der Waals surface area contributed by atoms with Crippen LogP contribution in [-0.2, 0) is 9.53 Å². The Morgan fingerprint density at radius 3 is 2.09 bits per heavy atom. The fraction of sp³-hybridized carbons (Fsp3) is 0.667. The lowest BCUT2D eigenvalue weighted by Crippen LogP contribution is -1.95. The average molecular weight is 158 g/mol. The molecule has 0 rings (SSSR count). The molecule has 2 heteroatoms. The molecular weight excluding hydrogens is 140 g/mol. The zero-order valence-electron chi connectivity index (χ0n) is 7.72. The van der Waals surface area contributed by atoms with E-state index in [0.29, 0.717) is 6.61 Å². The van der Waals surface area contributed by atoms with Crippen molar-refractivity contribution < 1.29 is 9.53 Å². The molecule has 0 aliphatic heterocycles. The van der Waals surface area contributed by atoms with Gasteiger partial charge in [0.05, 0.1) is 6.61 Å². The molecule has 0 fully saturated rings. The van der Waals surface area contributed by atoms with Gasteiger partial charge < -0.3 is 4.74 Å². The number of hydrogen-bond donors (Lipinski definition) is 0. The maximum atomic E-state index is 9.82. The topological polar surface area (TPSA) is 26.3 Å². The minimum absolute atomic E-state index is 0.211. The Morgan fingerprint density at radius 2 is 2.09 bits per heavy atom. The molecule has 0 aromatic heterocycles. The Morgan fingerprint density at radius 1 is 1.55 bits per heavy atom. The third kappa shape index (κ3) is 27.0. The second-order valence-corrected chi connectivity index (χ2v) is 2.00. The quantitative estimate of drug-likeness (QED) is 0.466. The van der Waals surface area contributed by atoms with E-state index >= 15 is 0 Å². The minimum Gasteiger partial charge on any atom is -0.466 e. The lowest BCUT2D eigenvalue weighted by Gasteiger charge is -1.89. The molecule has 0 radical (unpaired) electrons. The molecule has 0 aromatic carbocycles. The Hall–Kier alpha value is -0.790. The molecular formula is C9H18O2. The summed E-state index contributed by atoms with van der Waals surface area (Å²) in [5, 5.41) is 0. The molecule has 0 heterocycles. The largest absolute Gasteiger partial charge is 0.466 e. The van der Waals surface area contributed by atoms with Crippen LogP contribution in [0.2, 0.25) is 0 Å². The van der Waals surface area contributed by atoms with Crippen molar-refractivity contribution in [2.24, 2.45) is 0 Å². The first-order valence-corrected chi connectivity index (χ1v) is 3.93. The second-order valence-electron chi connectivity index (χ2n) is 2.00. The highest BCUT2D eigenvalue weighted by Crippen LogP contribution is 1.82. The van der Waals surface area contributed by atoms with Crippen molar-refractivity contribution in [1.29, 1.82) is 0 Å². The molecule has 0 amide bonds. The molecule has 0 aliphatic carbocycles. The van der Waals surface area contributed by atoms with E-state index < -0.39 is 0 Å². The lowest BCUT2D eigenvalue weighted by atomic mass is 10.3. The number of esters is 1. The molecule has 0 spiro atoms. The molecule has 0 saturated heterocycles. The molecule has 0 saturated carbocycles. The van der Waals surface area contributed by atoms with Gasteiger partial charge in [0.25, 0.3) is 0 Å². The van der Waals surface area contributed by atoms with Gasteiger partial charge in [-0.25, -0.2) is 0 Å². The first-order chi connectivity index (χ1) is 5.18. The average Bonchev–Trinajstić information content (AvgIpc) is 1.90. The number of ether oxygens (including phenoxy) is 1. The number of rotatable bonds is 3. The van der Waals surface area contributed by atoms with Crippen LogP contribution in [0.5, 0.6) is 0 Å². The van der Waals surface area contributed by atoms with E-state index in [0.717, 1.165) is 6.42 Å². The summed E-state index contributed by atoms with van der Waals surface area (Å²) < 4.78 is 4.40. The van der Waals surface area contributed by atoms with Crippen molar-refractivity contribution in [2.75, 3.05) is 6.61 Å². The maximum absolute atomic E-state index is 9.82. The van der Waals surface area contributed by atoms with Crippen LogP contribution in [0.15, 0.2) is 12.7 Å². The molecule has 11 heavy (non-hydrogen) atoms. The van der Waals surface area contributed by atoms with Gasteiger partial charge in [0, 0.05) is 6.92 Å². The number of hydrogen-bond acceptors (Lipinski definition) is 2. The Balaban J connectivity index is 0. The van der Waals surface area contributed by atoms with Crippen LogP contribution in [0.4, 0.5) is 0 Å². The number of unbranched alkanes of at least 4 members (excludes halogenated alkanes) is 1. The maximum Gasteiger partial charge on any atom is 0.302 e. The van der Waals surface area contributed by atoms with Crippen molar-refractivity contribution in [2.45, 2.75) is 33.6 Å². The number of allylic oxidation sites excluding steroid dienone is 1. The monoisotopic (exact) mass is 158 g/mol. The predicted molar refractivity (Wildman–Crippen MR) is 47.4 cm³/mol. The van der Waals surface area contributed by atoms with Gasteiger partial charge in [0.1, 0.15) is 0 Å². The van der Waals surface area contributed by atoms with Crippen LogP contribution in [0, 0.1) is 0 Å². The van der Waals surface area contributed by atoms with Gasteiger partial charge in [0.2, 0.25) is 0 Å². The first-order valence-electron chi connectivity index (χ1n) is 3.93. The van der Waals surface area contributed by atoms with Crippen LogP contribution in [0.25, 0.3) is 0 Å². The fourth-order valence-electron chi connectivity index (χ4n) is 0.407. The summed E-state index contributed by atoms with van der Waals surface area (Å²) in [6.07, 6.45) is 4.31. The Kier molecular flexibility index (Phi) is 13.9. The first kappa shape index (κ1) is 12.8. The highest BCUT2D eigenvalue weighted by molar-refractivity contribution is 5.65. The zero-order chi connectivity index (χ0) is 9.11. The lowest BCUT2D eigenvalue weighted by molar-refractivity contribution is -0.140. The van der Waals surface area contributed by atoms with E-state index in [1.165, 1.54) is 13.3 Å². The number of carbonyl (C=O) groups excluding carboxylic acids is 1. The van der Waals surface area contributed by atoms with E-state index in [-0.39, 0.29) is 5.97 Å². The van der Waals surface area contributed by atoms with Gasteiger partial charge in [-0.3, -0.25) is 4.79 Å². The second kappa shape index (κ2) is 11.9. The van der Waals surface area contributed by atoms with E-state index in [2.05, 4.69) is 18.2 Å². The molecule has 0 bridgehead atoms. The summed E-state index contributed by atoms with van der Waals surface area (Å²) in [7, 11) is 0. The van der Waals surface area contributed by atoms with Crippen molar-refractivity contribution in [1.82, 2.24) is 0 Å². The molecule has 2 nitrogen and oxygen atoms in total. The van der Waals surface area contributed by atoms with E-state index in [9.17, 15) is 4.79 Å². The van der Waals surface area contributed by atoms with Crippen LogP contribution >= 0.6 is 0 Å². The molecule has 0 atom stereocenters. The highest BCUT2D eigenvalue weighted by Gasteiger charge is 1.81. The number of carbonyl (C=O) groups is 1. The summed E-state index contributed by atoms with van der Waals surface area (Å²) in [4.78, 5) is 9.82. The van der Waals surface area contributed by atoms with Gasteiger partial charge >= 0.3 is 5.97 Å². The van der Waals surface area contributed by atoms with Gasteiger partial charge in [-0.1, -0.05) is 19.4 Å². The standard InChI is InChI=1S/C5H10.C4H8O2/c1-3-5-4-2;1-3-6-4(2)5/h3H,1,4-5H2,2H3;3H2,1-2H3. The summed E-state index contributed by atoms with van der Waals surface area (Å²) in [5.41, 5.74) is 0. The van der Waals surface area contributed by atoms with Crippen LogP contribution < -0.4 is 0 Å². The summed E-state index contributed by atoms with van der Waals surface area (Å²) in [5.74, 6) is -0.211. The molecule has 0 aliphatic rings. The van der Waals surface area contributed by atoms with Gasteiger partial charge in [0.15, 0.2) is 0 Å². The molecule has 0 aromatic rings. The van der Waals surface area contributed by atoms with E-state index in [1.54, 1.807) is 6.92 Å². The highest BCUT2D eigenvalue weighted by atomic mass is 16.5. The normalized spacial score (nSPS) is 7.55. The zero-order valence-corrected chi connectivity index (χ0v) is 7.72. The Labute approximate surface area is 69.3 Å². The van der Waals surface area contributed by atoms with Crippen molar-refractivity contribution in [3.05, 3.63) is 12.7 Å². The van der Waals surface area contributed by atoms with Crippen LogP contribution in [0.1, 0.15) is 33.6 Å². The fourth-order valence-corrected chi connectivity index (χ4v) is 0.407. The van der Waals surface area contributed by atoms with E-state index in [4.69, 9.17) is 0 Å². The van der Waals surface area contributed by atoms with Crippen LogP contribution in [-0.4, -0.2) is 12.6 Å². The third-order valence-corrected chi connectivity index (χ3v) is 0.840. The van der Waals surface area contributed by atoms with Gasteiger partial charge in [-0.15, -0.1) is 6.58 Å². The van der Waals surface area contributed by atoms with Crippen molar-refractivity contribution >= 4 is 5.97 Å². The Bertz CT molecular complexity index is 97.7. The SMILES string of the molecule is C=CCCC.CCOC(C)=O. The minimum atomic E-state index is -0.211. The van der Waals surface area contributed by atoms with Gasteiger partial charge in [-0.2, -0.15) is 0 Å². The molecule has 66 valence electrons. The molecule has 0 N–H and O–H groups in total. The third-order valence-electron chi connectivity index (χ3n) is 0.840. The van der Waals surface area contributed by atoms with Crippen LogP contribution in [0.3, 0.4) is 0 Å². The van der Waals surface area contributed by atoms with Crippen molar-refractivity contribution in [3.63, 3.8) is 0 Å².